The summed E-state index contributed by atoms with van der Waals surface area (Å²) in [4.78, 5) is 10.6. The second kappa shape index (κ2) is 3.02. The Balaban J connectivity index is 3.27. The van der Waals surface area contributed by atoms with Crippen molar-refractivity contribution in [2.45, 2.75) is 0 Å². The van der Waals surface area contributed by atoms with Gasteiger partial charge in [0.1, 0.15) is 0 Å². The molecule has 0 aromatic heterocycles. The maximum absolute atomic E-state index is 10.6. The average Bonchev–Trinajstić information content (AvgIpc) is 1.94. The molecule has 11 heavy (non-hydrogen) atoms. The van der Waals surface area contributed by atoms with E-state index in [9.17, 15) is 4.79 Å². The van der Waals surface area contributed by atoms with Gasteiger partial charge < -0.3 is 5.11 Å². The zero-order valence-electron chi connectivity index (χ0n) is 6.59. The highest BCUT2D eigenvalue weighted by Crippen LogP contribution is 1.91. The highest BCUT2D eigenvalue weighted by molar-refractivity contribution is 6.50. The minimum absolute atomic E-state index is 0.490. The summed E-state index contributed by atoms with van der Waals surface area (Å²) in [6, 6.07) is 5.49. The molecule has 0 aliphatic carbocycles. The molecule has 1 aromatic carbocycles. The topological polar surface area (TPSA) is 37.3 Å². The Morgan fingerprint density at radius 2 is 2.00 bits per heavy atom. The molecule has 1 rings (SSSR count). The molecule has 0 amide bonds. The van der Waals surface area contributed by atoms with Crippen molar-refractivity contribution in [3.05, 3.63) is 23.8 Å². The maximum atomic E-state index is 10.6. The first-order chi connectivity index (χ1) is 5.13. The zero-order valence-corrected chi connectivity index (χ0v) is 10.6. The van der Waals surface area contributed by atoms with Crippen LogP contribution in [0, 0.1) is 0 Å². The number of hydrogen-bond acceptors (Lipinski definition) is 1. The van der Waals surface area contributed by atoms with Crippen LogP contribution < -0.4 is 10.4 Å². The predicted molar refractivity (Wildman–Crippen MR) is 52.5 cm³/mol. The molecule has 0 atom stereocenters. The SMILES string of the molecule is O=C(O)c1cccc([SiH3])c1[SiH3]. The lowest BCUT2D eigenvalue weighted by atomic mass is 10.2. The molecule has 0 heterocycles. The fraction of sp³-hybridized carbons (Fsp3) is 0. The van der Waals surface area contributed by atoms with Gasteiger partial charge in [-0.2, -0.15) is 0 Å². The van der Waals surface area contributed by atoms with Crippen LogP contribution in [0.4, 0.5) is 0 Å². The molecular weight excluding hydrogens is 172 g/mol. The summed E-state index contributed by atoms with van der Waals surface area (Å²) in [5.41, 5.74) is 0.490. The molecule has 0 bridgehead atoms. The highest BCUT2D eigenvalue weighted by Gasteiger charge is 2.05. The Hall–Kier alpha value is -0.876. The number of carboxylic acid groups (broad SMARTS) is 1. The third-order valence-corrected chi connectivity index (χ3v) is 5.25. The van der Waals surface area contributed by atoms with Crippen LogP contribution in [-0.2, 0) is 0 Å². The molecule has 1 aromatic rings. The molecule has 0 fully saturated rings. The second-order valence-corrected chi connectivity index (χ2v) is 4.63. The summed E-state index contributed by atoms with van der Waals surface area (Å²) in [6.45, 7) is 0. The number of hydrogen-bond donors (Lipinski definition) is 1. The Kier molecular flexibility index (Phi) is 2.26. The van der Waals surface area contributed by atoms with E-state index in [1.165, 1.54) is 5.19 Å². The van der Waals surface area contributed by atoms with E-state index in [0.29, 0.717) is 5.56 Å². The Morgan fingerprint density at radius 3 is 2.45 bits per heavy atom. The van der Waals surface area contributed by atoms with Crippen molar-refractivity contribution in [1.29, 1.82) is 0 Å². The van der Waals surface area contributed by atoms with E-state index in [4.69, 9.17) is 5.11 Å². The molecule has 58 valence electrons. The molecule has 0 radical (unpaired) electrons. The van der Waals surface area contributed by atoms with Crippen molar-refractivity contribution in [2.24, 2.45) is 0 Å². The lowest BCUT2D eigenvalue weighted by molar-refractivity contribution is 0.0698. The quantitative estimate of drug-likeness (QED) is 0.482. The van der Waals surface area contributed by atoms with Crippen molar-refractivity contribution in [3.63, 3.8) is 0 Å². The lowest BCUT2D eigenvalue weighted by Crippen LogP contribution is -2.30. The first-order valence-corrected chi connectivity index (χ1v) is 5.42. The van der Waals surface area contributed by atoms with E-state index >= 15 is 0 Å². The first kappa shape index (κ1) is 8.22. The molecule has 0 spiro atoms. The molecular formula is C7H10O2Si2. The molecule has 4 heteroatoms. The first-order valence-electron chi connectivity index (χ1n) is 3.42. The molecule has 0 saturated heterocycles. The highest BCUT2D eigenvalue weighted by atomic mass is 28.2. The van der Waals surface area contributed by atoms with Crippen LogP contribution in [-0.4, -0.2) is 31.6 Å². The molecule has 0 aliphatic heterocycles. The van der Waals surface area contributed by atoms with Crippen LogP contribution in [0.2, 0.25) is 0 Å². The molecule has 1 N–H and O–H groups in total. The average molecular weight is 182 g/mol. The second-order valence-electron chi connectivity index (χ2n) is 2.55. The zero-order chi connectivity index (χ0) is 8.43. The molecule has 0 saturated carbocycles. The van der Waals surface area contributed by atoms with Gasteiger partial charge >= 0.3 is 5.97 Å². The monoisotopic (exact) mass is 182 g/mol. The number of carboxylic acids is 1. The van der Waals surface area contributed by atoms with Crippen LogP contribution >= 0.6 is 0 Å². The molecule has 0 aliphatic rings. The molecule has 0 unspecified atom stereocenters. The van der Waals surface area contributed by atoms with Crippen molar-refractivity contribution in [2.75, 3.05) is 0 Å². The summed E-state index contributed by atoms with van der Waals surface area (Å²) >= 11 is 0. The van der Waals surface area contributed by atoms with Crippen molar-refractivity contribution in [3.8, 4) is 0 Å². The smallest absolute Gasteiger partial charge is 0.335 e. The van der Waals surface area contributed by atoms with Crippen LogP contribution in [0.25, 0.3) is 0 Å². The van der Waals surface area contributed by atoms with Gasteiger partial charge in [0.05, 0.1) is 5.56 Å². The Labute approximate surface area is 71.1 Å². The van der Waals surface area contributed by atoms with E-state index in [0.717, 1.165) is 25.7 Å². The fourth-order valence-electron chi connectivity index (χ4n) is 0.983. The van der Waals surface area contributed by atoms with Gasteiger partial charge in [-0.05, 0) is 6.07 Å². The van der Waals surface area contributed by atoms with Crippen LogP contribution in [0.1, 0.15) is 10.4 Å². The third-order valence-electron chi connectivity index (χ3n) is 1.84. The maximum Gasteiger partial charge on any atom is 0.335 e. The van der Waals surface area contributed by atoms with Gasteiger partial charge in [-0.3, -0.25) is 0 Å². The standard InChI is InChI=1S/C7H10O2Si2/c8-7(9)4-2-1-3-5(10)6(4)11/h1-3H,10-11H3,(H,8,9). The van der Waals surface area contributed by atoms with E-state index < -0.39 is 5.97 Å². The van der Waals surface area contributed by atoms with E-state index in [2.05, 4.69) is 0 Å². The van der Waals surface area contributed by atoms with Gasteiger partial charge in [0.2, 0.25) is 0 Å². The summed E-state index contributed by atoms with van der Waals surface area (Å²) in [7, 11) is 1.77. The van der Waals surface area contributed by atoms with Gasteiger partial charge in [0.15, 0.2) is 0 Å². The van der Waals surface area contributed by atoms with E-state index in [1.807, 2.05) is 12.1 Å². The minimum Gasteiger partial charge on any atom is -0.478 e. The summed E-state index contributed by atoms with van der Waals surface area (Å²) in [6.07, 6.45) is 0. The lowest BCUT2D eigenvalue weighted by Gasteiger charge is -2.02. The van der Waals surface area contributed by atoms with Crippen molar-refractivity contribution >= 4 is 36.8 Å². The van der Waals surface area contributed by atoms with E-state index in [-0.39, 0.29) is 0 Å². The molecule has 2 nitrogen and oxygen atoms in total. The van der Waals surface area contributed by atoms with Gasteiger partial charge in [-0.25, -0.2) is 4.79 Å². The van der Waals surface area contributed by atoms with Gasteiger partial charge in [0.25, 0.3) is 0 Å². The summed E-state index contributed by atoms with van der Waals surface area (Å²) in [5.74, 6) is -0.798. The summed E-state index contributed by atoms with van der Waals surface area (Å²) in [5, 5.41) is 11.0. The Bertz CT molecular complexity index is 296. The van der Waals surface area contributed by atoms with Crippen LogP contribution in [0.15, 0.2) is 18.2 Å². The van der Waals surface area contributed by atoms with Crippen LogP contribution in [0.3, 0.4) is 0 Å². The van der Waals surface area contributed by atoms with E-state index in [1.54, 1.807) is 6.07 Å². The normalized spacial score (nSPS) is 10.2. The van der Waals surface area contributed by atoms with Crippen molar-refractivity contribution in [1.82, 2.24) is 0 Å². The predicted octanol–water partition coefficient (Wildman–Crippen LogP) is -2.63. The number of aromatic carboxylic acids is 1. The third kappa shape index (κ3) is 1.58. The van der Waals surface area contributed by atoms with Gasteiger partial charge in [-0.1, -0.05) is 22.5 Å². The largest absolute Gasteiger partial charge is 0.478 e. The number of carbonyl (C=O) groups is 1. The number of rotatable bonds is 1. The van der Waals surface area contributed by atoms with Crippen LogP contribution in [0.5, 0.6) is 0 Å². The number of benzene rings is 1. The van der Waals surface area contributed by atoms with Crippen molar-refractivity contribution < 1.29 is 9.90 Å². The summed E-state index contributed by atoms with van der Waals surface area (Å²) < 4.78 is 0. The fourth-order valence-corrected chi connectivity index (χ4v) is 1.99. The van der Waals surface area contributed by atoms with Gasteiger partial charge in [-0.15, -0.1) is 0 Å². The minimum atomic E-state index is -0.798. The Morgan fingerprint density at radius 1 is 1.36 bits per heavy atom. The van der Waals surface area contributed by atoms with Gasteiger partial charge in [0, 0.05) is 20.5 Å².